The third-order valence-electron chi connectivity index (χ3n) is 3.08. The third kappa shape index (κ3) is 6.60. The maximum absolute atomic E-state index is 9.17. The molecule has 0 radical (unpaired) electrons. The minimum Gasteiger partial charge on any atom is -0.198 e. The first kappa shape index (κ1) is 15.5. The summed E-state index contributed by atoms with van der Waals surface area (Å²) in [6.45, 7) is 5.70. The number of hydrogen-bond donors (Lipinski definition) is 0. The topological polar surface area (TPSA) is 71.4 Å². The minimum absolute atomic E-state index is 0.0716. The molecule has 0 fully saturated rings. The molecule has 0 rings (SSSR count). The van der Waals surface area contributed by atoms with Crippen molar-refractivity contribution in [1.82, 2.24) is 0 Å². The predicted molar refractivity (Wildman–Crippen MR) is 66.4 cm³/mol. The third-order valence-corrected chi connectivity index (χ3v) is 3.08. The van der Waals surface area contributed by atoms with Crippen LogP contribution in [0.2, 0.25) is 0 Å². The smallest absolute Gasteiger partial charge is 0.0687 e. The van der Waals surface area contributed by atoms with Crippen molar-refractivity contribution in [3.05, 3.63) is 0 Å². The number of unbranched alkanes of at least 4 members (excludes halogenated alkanes) is 1. The van der Waals surface area contributed by atoms with Gasteiger partial charge in [-0.3, -0.25) is 0 Å². The lowest BCUT2D eigenvalue weighted by Gasteiger charge is -2.22. The van der Waals surface area contributed by atoms with Gasteiger partial charge in [0.05, 0.1) is 23.6 Å². The van der Waals surface area contributed by atoms with Crippen LogP contribution in [0.25, 0.3) is 0 Å². The molecular formula is C14H21N3. The summed E-state index contributed by atoms with van der Waals surface area (Å²) in [6, 6.07) is 6.72. The molecule has 3 atom stereocenters. The summed E-state index contributed by atoms with van der Waals surface area (Å²) >= 11 is 0. The van der Waals surface area contributed by atoms with Crippen molar-refractivity contribution < 1.29 is 0 Å². The Hall–Kier alpha value is -1.53. The molecule has 0 bridgehead atoms. The number of hydrogen-bond acceptors (Lipinski definition) is 3. The van der Waals surface area contributed by atoms with E-state index in [-0.39, 0.29) is 11.8 Å². The van der Waals surface area contributed by atoms with Crippen LogP contribution in [-0.2, 0) is 0 Å². The van der Waals surface area contributed by atoms with Crippen molar-refractivity contribution in [3.63, 3.8) is 0 Å². The van der Waals surface area contributed by atoms with E-state index in [1.807, 2.05) is 20.8 Å². The Labute approximate surface area is 105 Å². The van der Waals surface area contributed by atoms with Crippen molar-refractivity contribution in [2.75, 3.05) is 0 Å². The van der Waals surface area contributed by atoms with Gasteiger partial charge in [-0.25, -0.2) is 0 Å². The first-order valence-electron chi connectivity index (χ1n) is 6.18. The van der Waals surface area contributed by atoms with E-state index in [1.54, 1.807) is 0 Å². The zero-order chi connectivity index (χ0) is 13.3. The van der Waals surface area contributed by atoms with Crippen LogP contribution in [0.3, 0.4) is 0 Å². The molecule has 0 saturated heterocycles. The van der Waals surface area contributed by atoms with Crippen LogP contribution in [0, 0.1) is 51.2 Å². The van der Waals surface area contributed by atoms with Crippen molar-refractivity contribution in [2.45, 2.75) is 52.9 Å². The van der Waals surface area contributed by atoms with E-state index in [0.717, 1.165) is 25.7 Å². The maximum atomic E-state index is 9.17. The maximum Gasteiger partial charge on any atom is 0.0687 e. The van der Waals surface area contributed by atoms with Gasteiger partial charge < -0.3 is 0 Å². The summed E-state index contributed by atoms with van der Waals surface area (Å²) in [5.74, 6) is 0.0269. The molecule has 92 valence electrons. The lowest BCUT2D eigenvalue weighted by atomic mass is 9.79. The van der Waals surface area contributed by atoms with E-state index in [2.05, 4.69) is 18.2 Å². The second-order valence-corrected chi connectivity index (χ2v) is 5.18. The molecule has 0 aromatic rings. The monoisotopic (exact) mass is 231 g/mol. The van der Waals surface area contributed by atoms with E-state index in [1.165, 1.54) is 0 Å². The summed E-state index contributed by atoms with van der Waals surface area (Å²) in [7, 11) is 0. The average Bonchev–Trinajstić information content (AvgIpc) is 2.34. The fourth-order valence-electron chi connectivity index (χ4n) is 1.96. The van der Waals surface area contributed by atoms with Crippen molar-refractivity contribution >= 4 is 0 Å². The highest BCUT2D eigenvalue weighted by Crippen LogP contribution is 2.31. The Morgan fingerprint density at radius 3 is 2.06 bits per heavy atom. The zero-order valence-electron chi connectivity index (χ0n) is 11.0. The molecule has 0 spiro atoms. The average molecular weight is 231 g/mol. The van der Waals surface area contributed by atoms with Crippen LogP contribution < -0.4 is 0 Å². The van der Waals surface area contributed by atoms with E-state index >= 15 is 0 Å². The second kappa shape index (κ2) is 7.70. The molecule has 17 heavy (non-hydrogen) atoms. The van der Waals surface area contributed by atoms with Crippen LogP contribution in [0.5, 0.6) is 0 Å². The van der Waals surface area contributed by atoms with Crippen LogP contribution in [0.4, 0.5) is 0 Å². The van der Waals surface area contributed by atoms with Crippen molar-refractivity contribution in [3.8, 4) is 18.2 Å². The highest BCUT2D eigenvalue weighted by molar-refractivity contribution is 4.99. The zero-order valence-corrected chi connectivity index (χ0v) is 11.0. The van der Waals surface area contributed by atoms with Crippen LogP contribution in [0.1, 0.15) is 52.9 Å². The Morgan fingerprint density at radius 2 is 1.59 bits per heavy atom. The predicted octanol–water partition coefficient (Wildman–Crippen LogP) is 3.79. The van der Waals surface area contributed by atoms with E-state index < -0.39 is 5.41 Å². The second-order valence-electron chi connectivity index (χ2n) is 5.18. The fraction of sp³-hybridized carbons (Fsp3) is 0.786. The molecule has 0 aliphatic heterocycles. The summed E-state index contributed by atoms with van der Waals surface area (Å²) in [6.07, 6.45) is 4.27. The molecule has 3 heteroatoms. The highest BCUT2D eigenvalue weighted by Gasteiger charge is 2.25. The number of rotatable bonds is 7. The quantitative estimate of drug-likeness (QED) is 0.626. The molecule has 0 saturated carbocycles. The van der Waals surface area contributed by atoms with Gasteiger partial charge in [-0.1, -0.05) is 12.8 Å². The largest absolute Gasteiger partial charge is 0.198 e. The number of nitrogens with zero attached hydrogens (tertiary/aromatic N) is 3. The summed E-state index contributed by atoms with van der Waals surface area (Å²) in [5, 5.41) is 26.6. The molecular weight excluding hydrogens is 210 g/mol. The van der Waals surface area contributed by atoms with Gasteiger partial charge in [-0.05, 0) is 40.0 Å². The van der Waals surface area contributed by atoms with Gasteiger partial charge in [-0.2, -0.15) is 15.8 Å². The molecule has 3 unspecified atom stereocenters. The van der Waals surface area contributed by atoms with E-state index in [9.17, 15) is 5.26 Å². The molecule has 0 aromatic carbocycles. The Balaban J connectivity index is 4.03. The Kier molecular flexibility index (Phi) is 7.00. The molecule has 0 aliphatic carbocycles. The van der Waals surface area contributed by atoms with Crippen molar-refractivity contribution in [1.29, 1.82) is 15.8 Å². The normalized spacial score (nSPS) is 16.9. The van der Waals surface area contributed by atoms with Gasteiger partial charge in [0.15, 0.2) is 0 Å². The first-order valence-corrected chi connectivity index (χ1v) is 6.18. The molecule has 3 nitrogen and oxygen atoms in total. The fourth-order valence-corrected chi connectivity index (χ4v) is 1.96. The van der Waals surface area contributed by atoms with Gasteiger partial charge in [0.2, 0.25) is 0 Å². The van der Waals surface area contributed by atoms with Gasteiger partial charge in [0, 0.05) is 11.8 Å². The Bertz CT molecular complexity index is 342. The van der Waals surface area contributed by atoms with Gasteiger partial charge in [-0.15, -0.1) is 0 Å². The molecule has 0 aliphatic rings. The van der Waals surface area contributed by atoms with Crippen LogP contribution in [-0.4, -0.2) is 0 Å². The summed E-state index contributed by atoms with van der Waals surface area (Å²) in [4.78, 5) is 0. The first-order chi connectivity index (χ1) is 7.97. The summed E-state index contributed by atoms with van der Waals surface area (Å²) < 4.78 is 0. The molecule has 0 amide bonds. The van der Waals surface area contributed by atoms with Crippen LogP contribution >= 0.6 is 0 Å². The minimum atomic E-state index is -0.398. The van der Waals surface area contributed by atoms with Gasteiger partial charge in [0.1, 0.15) is 0 Å². The van der Waals surface area contributed by atoms with Gasteiger partial charge in [0.25, 0.3) is 0 Å². The van der Waals surface area contributed by atoms with E-state index in [0.29, 0.717) is 6.42 Å². The lowest BCUT2D eigenvalue weighted by molar-refractivity contribution is 0.323. The van der Waals surface area contributed by atoms with Gasteiger partial charge >= 0.3 is 0 Å². The standard InChI is InChI=1S/C14H21N3/c1-12(9-15)6-4-5-7-14(3,11-17)8-13(2)10-16/h12-13H,4-8H2,1-3H3. The molecule has 0 heterocycles. The number of nitriles is 3. The lowest BCUT2D eigenvalue weighted by Crippen LogP contribution is -2.17. The molecule has 0 N–H and O–H groups in total. The molecule has 0 aromatic heterocycles. The van der Waals surface area contributed by atoms with E-state index in [4.69, 9.17) is 10.5 Å². The van der Waals surface area contributed by atoms with Crippen molar-refractivity contribution in [2.24, 2.45) is 17.3 Å². The SMILES string of the molecule is CC(C#N)CCCCC(C)(C#N)CC(C)C#N. The Morgan fingerprint density at radius 1 is 1.00 bits per heavy atom. The summed E-state index contributed by atoms with van der Waals surface area (Å²) in [5.41, 5.74) is -0.398. The highest BCUT2D eigenvalue weighted by atomic mass is 14.4. The van der Waals surface area contributed by atoms with Crippen LogP contribution in [0.15, 0.2) is 0 Å².